The van der Waals surface area contributed by atoms with E-state index in [1.165, 1.54) is 28.9 Å². The van der Waals surface area contributed by atoms with E-state index in [1.807, 2.05) is 12.5 Å². The maximum Gasteiger partial charge on any atom is 0.0994 e. The van der Waals surface area contributed by atoms with E-state index in [0.717, 1.165) is 13.1 Å². The van der Waals surface area contributed by atoms with Gasteiger partial charge in [0.15, 0.2) is 0 Å². The molecule has 3 heteroatoms. The number of benzene rings is 1. The van der Waals surface area contributed by atoms with E-state index < -0.39 is 0 Å². The lowest BCUT2D eigenvalue weighted by Gasteiger charge is -2.15. The van der Waals surface area contributed by atoms with E-state index in [2.05, 4.69) is 46.9 Å². The van der Waals surface area contributed by atoms with Crippen molar-refractivity contribution in [2.45, 2.75) is 26.2 Å². The van der Waals surface area contributed by atoms with Crippen molar-refractivity contribution in [3.63, 3.8) is 0 Å². The van der Waals surface area contributed by atoms with Crippen molar-refractivity contribution in [3.8, 4) is 5.69 Å². The molecular formula is C15H19N3. The number of aryl methyl sites for hydroxylation is 2. The molecule has 1 aliphatic rings. The Morgan fingerprint density at radius 1 is 1.33 bits per heavy atom. The van der Waals surface area contributed by atoms with E-state index in [4.69, 9.17) is 0 Å². The second-order valence-electron chi connectivity index (χ2n) is 5.17. The van der Waals surface area contributed by atoms with Gasteiger partial charge in [0.1, 0.15) is 0 Å². The molecule has 1 aromatic carbocycles. The number of aromatic nitrogens is 2. The quantitative estimate of drug-likeness (QED) is 0.875. The second kappa shape index (κ2) is 4.58. The topological polar surface area (TPSA) is 29.9 Å². The molecule has 1 aliphatic heterocycles. The number of nitrogens with one attached hydrogen (secondary N) is 1. The maximum absolute atomic E-state index is 4.35. The van der Waals surface area contributed by atoms with E-state index in [1.54, 1.807) is 0 Å². The molecule has 2 aromatic rings. The van der Waals surface area contributed by atoms with Crippen molar-refractivity contribution in [2.75, 3.05) is 13.1 Å². The lowest BCUT2D eigenvalue weighted by molar-refractivity contribution is 0.712. The monoisotopic (exact) mass is 241 g/mol. The SMILES string of the molecule is Cc1ccc(C)c(-n2cncc2C2CCNC2)c1. The highest BCUT2D eigenvalue weighted by atomic mass is 15.1. The summed E-state index contributed by atoms with van der Waals surface area (Å²) in [4.78, 5) is 4.35. The predicted molar refractivity (Wildman–Crippen MR) is 73.3 cm³/mol. The maximum atomic E-state index is 4.35. The predicted octanol–water partition coefficient (Wildman–Crippen LogP) is 2.57. The molecule has 18 heavy (non-hydrogen) atoms. The first-order valence-electron chi connectivity index (χ1n) is 6.56. The van der Waals surface area contributed by atoms with Crippen LogP contribution in [-0.4, -0.2) is 22.6 Å². The van der Waals surface area contributed by atoms with Gasteiger partial charge in [0, 0.05) is 30.0 Å². The van der Waals surface area contributed by atoms with Crippen molar-refractivity contribution in [1.82, 2.24) is 14.9 Å². The Morgan fingerprint density at radius 3 is 3.00 bits per heavy atom. The van der Waals surface area contributed by atoms with E-state index in [9.17, 15) is 0 Å². The Balaban J connectivity index is 2.06. The van der Waals surface area contributed by atoms with Crippen LogP contribution >= 0.6 is 0 Å². The molecule has 0 saturated carbocycles. The number of imidazole rings is 1. The summed E-state index contributed by atoms with van der Waals surface area (Å²) < 4.78 is 2.25. The zero-order valence-corrected chi connectivity index (χ0v) is 11.0. The van der Waals surface area contributed by atoms with Gasteiger partial charge in [-0.2, -0.15) is 0 Å². The van der Waals surface area contributed by atoms with E-state index in [0.29, 0.717) is 5.92 Å². The lowest BCUT2D eigenvalue weighted by Crippen LogP contribution is -2.11. The molecule has 1 unspecified atom stereocenters. The summed E-state index contributed by atoms with van der Waals surface area (Å²) in [5, 5.41) is 3.42. The summed E-state index contributed by atoms with van der Waals surface area (Å²) in [6.45, 7) is 6.47. The molecule has 0 aliphatic carbocycles. The lowest BCUT2D eigenvalue weighted by atomic mass is 10.0. The molecule has 0 bridgehead atoms. The number of hydrogen-bond donors (Lipinski definition) is 1. The number of rotatable bonds is 2. The smallest absolute Gasteiger partial charge is 0.0994 e. The molecule has 0 radical (unpaired) electrons. The van der Waals surface area contributed by atoms with Crippen molar-refractivity contribution < 1.29 is 0 Å². The number of nitrogens with zero attached hydrogens (tertiary/aromatic N) is 2. The fourth-order valence-electron chi connectivity index (χ4n) is 2.69. The Labute approximate surface area is 108 Å². The Bertz CT molecular complexity index is 551. The third-order valence-electron chi connectivity index (χ3n) is 3.77. The third-order valence-corrected chi connectivity index (χ3v) is 3.77. The van der Waals surface area contributed by atoms with Crippen molar-refractivity contribution in [3.05, 3.63) is 47.5 Å². The highest BCUT2D eigenvalue weighted by Crippen LogP contribution is 2.26. The summed E-state index contributed by atoms with van der Waals surface area (Å²) in [6.07, 6.45) is 5.16. The van der Waals surface area contributed by atoms with Gasteiger partial charge in [-0.3, -0.25) is 0 Å². The van der Waals surface area contributed by atoms with Crippen LogP contribution in [0.2, 0.25) is 0 Å². The van der Waals surface area contributed by atoms with Crippen LogP contribution in [0.25, 0.3) is 5.69 Å². The summed E-state index contributed by atoms with van der Waals surface area (Å²) in [6, 6.07) is 6.58. The second-order valence-corrected chi connectivity index (χ2v) is 5.17. The Hall–Kier alpha value is -1.61. The van der Waals surface area contributed by atoms with Gasteiger partial charge in [-0.05, 0) is 44.0 Å². The van der Waals surface area contributed by atoms with Crippen molar-refractivity contribution in [1.29, 1.82) is 0 Å². The first-order valence-corrected chi connectivity index (χ1v) is 6.56. The van der Waals surface area contributed by atoms with Gasteiger partial charge in [-0.1, -0.05) is 12.1 Å². The Morgan fingerprint density at radius 2 is 2.22 bits per heavy atom. The van der Waals surface area contributed by atoms with Crippen LogP contribution in [0.1, 0.15) is 29.2 Å². The van der Waals surface area contributed by atoms with Gasteiger partial charge in [0.25, 0.3) is 0 Å². The van der Waals surface area contributed by atoms with Crippen LogP contribution in [0.4, 0.5) is 0 Å². The molecular weight excluding hydrogens is 222 g/mol. The van der Waals surface area contributed by atoms with Gasteiger partial charge in [0.05, 0.1) is 6.33 Å². The minimum atomic E-state index is 0.590. The first kappa shape index (κ1) is 11.5. The zero-order valence-electron chi connectivity index (χ0n) is 11.0. The number of hydrogen-bond acceptors (Lipinski definition) is 2. The van der Waals surface area contributed by atoms with Crippen LogP contribution in [0, 0.1) is 13.8 Å². The fraction of sp³-hybridized carbons (Fsp3) is 0.400. The summed E-state index contributed by atoms with van der Waals surface area (Å²) in [5.41, 5.74) is 5.17. The van der Waals surface area contributed by atoms with Gasteiger partial charge in [0.2, 0.25) is 0 Å². The van der Waals surface area contributed by atoms with Crippen LogP contribution in [0.15, 0.2) is 30.7 Å². The molecule has 1 saturated heterocycles. The fourth-order valence-corrected chi connectivity index (χ4v) is 2.69. The summed E-state index contributed by atoms with van der Waals surface area (Å²) in [7, 11) is 0. The first-order chi connectivity index (χ1) is 8.75. The normalized spacial score (nSPS) is 19.3. The summed E-state index contributed by atoms with van der Waals surface area (Å²) >= 11 is 0. The molecule has 1 atom stereocenters. The van der Waals surface area contributed by atoms with Gasteiger partial charge < -0.3 is 9.88 Å². The molecule has 3 nitrogen and oxygen atoms in total. The van der Waals surface area contributed by atoms with Crippen LogP contribution in [0.5, 0.6) is 0 Å². The molecule has 1 aromatic heterocycles. The van der Waals surface area contributed by atoms with Crippen molar-refractivity contribution in [2.24, 2.45) is 0 Å². The Kier molecular flexibility index (Phi) is 2.92. The standard InChI is InChI=1S/C15H19N3/c1-11-3-4-12(2)14(7-11)18-10-17-9-15(18)13-5-6-16-8-13/h3-4,7,9-10,13,16H,5-6,8H2,1-2H3. The molecule has 1 fully saturated rings. The third kappa shape index (κ3) is 1.95. The molecule has 3 rings (SSSR count). The molecule has 0 spiro atoms. The van der Waals surface area contributed by atoms with Crippen LogP contribution in [0.3, 0.4) is 0 Å². The molecule has 94 valence electrons. The average molecular weight is 241 g/mol. The highest BCUT2D eigenvalue weighted by molar-refractivity contribution is 5.44. The van der Waals surface area contributed by atoms with E-state index in [-0.39, 0.29) is 0 Å². The van der Waals surface area contributed by atoms with Gasteiger partial charge >= 0.3 is 0 Å². The largest absolute Gasteiger partial charge is 0.316 e. The minimum Gasteiger partial charge on any atom is -0.316 e. The zero-order chi connectivity index (χ0) is 12.5. The van der Waals surface area contributed by atoms with Gasteiger partial charge in [-0.15, -0.1) is 0 Å². The highest BCUT2D eigenvalue weighted by Gasteiger charge is 2.21. The van der Waals surface area contributed by atoms with Crippen LogP contribution < -0.4 is 5.32 Å². The molecule has 1 N–H and O–H groups in total. The summed E-state index contributed by atoms with van der Waals surface area (Å²) in [5.74, 6) is 0.590. The average Bonchev–Trinajstić information content (AvgIpc) is 3.00. The van der Waals surface area contributed by atoms with Crippen LogP contribution in [-0.2, 0) is 0 Å². The van der Waals surface area contributed by atoms with E-state index >= 15 is 0 Å². The van der Waals surface area contributed by atoms with Crippen molar-refractivity contribution >= 4 is 0 Å². The molecule has 2 heterocycles. The van der Waals surface area contributed by atoms with Gasteiger partial charge in [-0.25, -0.2) is 4.98 Å². The minimum absolute atomic E-state index is 0.590. The molecule has 0 amide bonds.